The van der Waals surface area contributed by atoms with Crippen molar-refractivity contribution in [3.63, 3.8) is 0 Å². The van der Waals surface area contributed by atoms with Crippen molar-refractivity contribution in [3.8, 4) is 0 Å². The van der Waals surface area contributed by atoms with Gasteiger partial charge in [0, 0.05) is 7.05 Å². The minimum atomic E-state index is -1.07. The number of carboxylic acid groups (broad SMARTS) is 1. The molecule has 4 heteroatoms. The van der Waals surface area contributed by atoms with Gasteiger partial charge in [0.2, 0.25) is 5.91 Å². The van der Waals surface area contributed by atoms with Gasteiger partial charge in [-0.1, -0.05) is 0 Å². The fourth-order valence-corrected chi connectivity index (χ4v) is 0.902. The van der Waals surface area contributed by atoms with Crippen LogP contribution in [0.2, 0.25) is 0 Å². The normalized spacial score (nSPS) is 19.7. The molecule has 0 saturated heterocycles. The Balaban J connectivity index is 2.69. The Labute approximate surface area is 58.2 Å². The maximum atomic E-state index is 10.8. The first-order valence-electron chi connectivity index (χ1n) is 3.09. The zero-order chi connectivity index (χ0) is 7.78. The van der Waals surface area contributed by atoms with Gasteiger partial charge in [0.15, 0.2) is 0 Å². The van der Waals surface area contributed by atoms with Crippen LogP contribution in [-0.2, 0) is 9.59 Å². The number of hydrogen-bond donors (Lipinski definition) is 2. The molecule has 0 aromatic carbocycles. The molecule has 1 rings (SSSR count). The van der Waals surface area contributed by atoms with Crippen molar-refractivity contribution >= 4 is 11.9 Å². The van der Waals surface area contributed by atoms with Crippen LogP contribution in [0, 0.1) is 5.41 Å². The van der Waals surface area contributed by atoms with Crippen LogP contribution in [0.15, 0.2) is 0 Å². The molecule has 1 aliphatic carbocycles. The average molecular weight is 143 g/mol. The second-order valence-corrected chi connectivity index (χ2v) is 2.47. The second kappa shape index (κ2) is 1.97. The Morgan fingerprint density at radius 2 is 2.00 bits per heavy atom. The molecule has 10 heavy (non-hydrogen) atoms. The van der Waals surface area contributed by atoms with Crippen LogP contribution in [-0.4, -0.2) is 24.0 Å². The van der Waals surface area contributed by atoms with E-state index >= 15 is 0 Å². The zero-order valence-electron chi connectivity index (χ0n) is 5.68. The molecule has 0 aromatic heterocycles. The van der Waals surface area contributed by atoms with Gasteiger partial charge in [-0.3, -0.25) is 9.59 Å². The lowest BCUT2D eigenvalue weighted by molar-refractivity contribution is -0.148. The topological polar surface area (TPSA) is 66.4 Å². The van der Waals surface area contributed by atoms with Gasteiger partial charge in [-0.25, -0.2) is 0 Å². The van der Waals surface area contributed by atoms with Gasteiger partial charge in [-0.2, -0.15) is 0 Å². The third-order valence-corrected chi connectivity index (χ3v) is 1.82. The van der Waals surface area contributed by atoms with Gasteiger partial charge in [0.05, 0.1) is 0 Å². The summed E-state index contributed by atoms with van der Waals surface area (Å²) >= 11 is 0. The van der Waals surface area contributed by atoms with Crippen molar-refractivity contribution in [3.05, 3.63) is 0 Å². The molecule has 4 nitrogen and oxygen atoms in total. The predicted molar refractivity (Wildman–Crippen MR) is 33.4 cm³/mol. The summed E-state index contributed by atoms with van der Waals surface area (Å²) in [4.78, 5) is 21.3. The first-order chi connectivity index (χ1) is 4.63. The van der Waals surface area contributed by atoms with Gasteiger partial charge in [-0.05, 0) is 12.8 Å². The quantitative estimate of drug-likeness (QED) is 0.517. The molecule has 0 unspecified atom stereocenters. The lowest BCUT2D eigenvalue weighted by Crippen LogP contribution is -2.34. The van der Waals surface area contributed by atoms with Crippen molar-refractivity contribution < 1.29 is 14.7 Å². The standard InChI is InChI=1S/C6H9NO3/c1-7-4(8)6(2-3-6)5(9)10/h2-3H2,1H3,(H,7,8)(H,9,10). The van der Waals surface area contributed by atoms with E-state index in [0.29, 0.717) is 12.8 Å². The number of hydrogen-bond acceptors (Lipinski definition) is 2. The van der Waals surface area contributed by atoms with Crippen LogP contribution in [0.5, 0.6) is 0 Å². The van der Waals surface area contributed by atoms with E-state index in [0.717, 1.165) is 0 Å². The molecule has 0 spiro atoms. The van der Waals surface area contributed by atoms with Crippen molar-refractivity contribution in [1.29, 1.82) is 0 Å². The first-order valence-corrected chi connectivity index (χ1v) is 3.09. The van der Waals surface area contributed by atoms with Gasteiger partial charge >= 0.3 is 5.97 Å². The maximum Gasteiger partial charge on any atom is 0.319 e. The molecule has 1 aliphatic rings. The van der Waals surface area contributed by atoms with Gasteiger partial charge < -0.3 is 10.4 Å². The zero-order valence-corrected chi connectivity index (χ0v) is 5.68. The molecule has 1 saturated carbocycles. The molecule has 2 N–H and O–H groups in total. The number of nitrogens with one attached hydrogen (secondary N) is 1. The van der Waals surface area contributed by atoms with Crippen LogP contribution in [0.1, 0.15) is 12.8 Å². The Hall–Kier alpha value is -1.06. The number of rotatable bonds is 2. The van der Waals surface area contributed by atoms with Crippen molar-refractivity contribution in [2.75, 3.05) is 7.05 Å². The van der Waals surface area contributed by atoms with Crippen LogP contribution >= 0.6 is 0 Å². The number of carboxylic acids is 1. The van der Waals surface area contributed by atoms with Crippen LogP contribution < -0.4 is 5.32 Å². The van der Waals surface area contributed by atoms with E-state index in [4.69, 9.17) is 5.11 Å². The van der Waals surface area contributed by atoms with Crippen LogP contribution in [0.25, 0.3) is 0 Å². The fraction of sp³-hybridized carbons (Fsp3) is 0.667. The lowest BCUT2D eigenvalue weighted by atomic mass is 10.1. The molecular weight excluding hydrogens is 134 g/mol. The minimum Gasteiger partial charge on any atom is -0.480 e. The number of carbonyl (C=O) groups is 2. The van der Waals surface area contributed by atoms with E-state index in [-0.39, 0.29) is 5.91 Å². The molecule has 0 heterocycles. The van der Waals surface area contributed by atoms with Crippen molar-refractivity contribution in [2.45, 2.75) is 12.8 Å². The molecule has 1 fully saturated rings. The monoisotopic (exact) mass is 143 g/mol. The molecule has 0 bridgehead atoms. The Bertz CT molecular complexity index is 183. The highest BCUT2D eigenvalue weighted by Crippen LogP contribution is 2.45. The smallest absolute Gasteiger partial charge is 0.319 e. The summed E-state index contributed by atoms with van der Waals surface area (Å²) < 4.78 is 0. The van der Waals surface area contributed by atoms with Gasteiger partial charge in [0.1, 0.15) is 5.41 Å². The highest BCUT2D eigenvalue weighted by Gasteiger charge is 2.56. The third-order valence-electron chi connectivity index (χ3n) is 1.82. The SMILES string of the molecule is CNC(=O)C1(C(=O)O)CC1. The minimum absolute atomic E-state index is 0.375. The van der Waals surface area contributed by atoms with E-state index in [2.05, 4.69) is 5.32 Å². The molecule has 1 amide bonds. The number of amides is 1. The Kier molecular flexibility index (Phi) is 1.39. The Morgan fingerprint density at radius 1 is 1.50 bits per heavy atom. The second-order valence-electron chi connectivity index (χ2n) is 2.47. The molecule has 0 aromatic rings. The van der Waals surface area contributed by atoms with E-state index in [1.165, 1.54) is 7.05 Å². The van der Waals surface area contributed by atoms with E-state index in [9.17, 15) is 9.59 Å². The van der Waals surface area contributed by atoms with E-state index < -0.39 is 11.4 Å². The van der Waals surface area contributed by atoms with Crippen molar-refractivity contribution in [1.82, 2.24) is 5.32 Å². The van der Waals surface area contributed by atoms with E-state index in [1.54, 1.807) is 0 Å². The first kappa shape index (κ1) is 7.05. The molecule has 0 radical (unpaired) electrons. The lowest BCUT2D eigenvalue weighted by Gasteiger charge is -2.05. The summed E-state index contributed by atoms with van der Waals surface area (Å²) in [6, 6.07) is 0. The summed E-state index contributed by atoms with van der Waals surface area (Å²) in [6.07, 6.45) is 0.948. The average Bonchev–Trinajstić information content (AvgIpc) is 2.65. The van der Waals surface area contributed by atoms with Crippen molar-refractivity contribution in [2.24, 2.45) is 5.41 Å². The largest absolute Gasteiger partial charge is 0.480 e. The van der Waals surface area contributed by atoms with Crippen LogP contribution in [0.4, 0.5) is 0 Å². The van der Waals surface area contributed by atoms with E-state index in [1.807, 2.05) is 0 Å². The van der Waals surface area contributed by atoms with Gasteiger partial charge in [0.25, 0.3) is 0 Å². The molecule has 0 atom stereocenters. The summed E-state index contributed by atoms with van der Waals surface area (Å²) in [5, 5.41) is 10.9. The third kappa shape index (κ3) is 0.761. The van der Waals surface area contributed by atoms with Crippen LogP contribution in [0.3, 0.4) is 0 Å². The molecular formula is C6H9NO3. The predicted octanol–water partition coefficient (Wildman–Crippen LogP) is -0.403. The molecule has 56 valence electrons. The summed E-state index contributed by atoms with van der Waals surface area (Å²) in [5.41, 5.74) is -1.07. The Morgan fingerprint density at radius 3 is 2.10 bits per heavy atom. The summed E-state index contributed by atoms with van der Waals surface area (Å²) in [6.45, 7) is 0. The maximum absolute atomic E-state index is 10.8. The van der Waals surface area contributed by atoms with Gasteiger partial charge in [-0.15, -0.1) is 0 Å². The summed E-state index contributed by atoms with van der Waals surface area (Å²) in [5.74, 6) is -1.38. The highest BCUT2D eigenvalue weighted by molar-refractivity contribution is 6.04. The summed E-state index contributed by atoms with van der Waals surface area (Å²) in [7, 11) is 1.45. The molecule has 0 aliphatic heterocycles. The number of aliphatic carboxylic acids is 1. The fourth-order valence-electron chi connectivity index (χ4n) is 0.902. The number of carbonyl (C=O) groups excluding carboxylic acids is 1. The highest BCUT2D eigenvalue weighted by atomic mass is 16.4.